The van der Waals surface area contributed by atoms with Crippen LogP contribution in [0, 0.1) is 5.41 Å². The summed E-state index contributed by atoms with van der Waals surface area (Å²) in [6.07, 6.45) is -14.1. The van der Waals surface area contributed by atoms with Gasteiger partial charge >= 0.3 is 0 Å². The van der Waals surface area contributed by atoms with Gasteiger partial charge in [0.1, 0.15) is 89.6 Å². The van der Waals surface area contributed by atoms with Crippen molar-refractivity contribution in [3.8, 4) is 0 Å². The van der Waals surface area contributed by atoms with E-state index in [0.717, 1.165) is 0 Å². The number of hydrogen-bond acceptors (Lipinski definition) is 22. The Morgan fingerprint density at radius 2 is 0.825 bits per heavy atom. The Balaban J connectivity index is 1.53. The number of ether oxygens (including phenoxy) is 6. The molecule has 336 valence electrons. The molecule has 13 N–H and O–H groups in total. The summed E-state index contributed by atoms with van der Waals surface area (Å²) in [7, 11) is 0. The van der Waals surface area contributed by atoms with Crippen molar-refractivity contribution in [1.82, 2.24) is 5.32 Å². The minimum absolute atomic E-state index is 0.187. The summed E-state index contributed by atoms with van der Waals surface area (Å²) in [5.74, 6) is 1.41. The van der Waals surface area contributed by atoms with Crippen molar-refractivity contribution in [2.45, 2.75) is 116 Å². The fraction of sp³-hybridized carbons (Fsp3) is 0.971. The van der Waals surface area contributed by atoms with Crippen LogP contribution < -0.4 is 5.32 Å². The monoisotopic (exact) mass is 901 g/mol. The number of nitrogens with one attached hydrogen (secondary N) is 1. The highest BCUT2D eigenvalue weighted by Crippen LogP contribution is 2.31. The first-order valence-electron chi connectivity index (χ1n) is 18.9. The molecule has 57 heavy (non-hydrogen) atoms. The molecule has 0 bridgehead atoms. The third kappa shape index (κ3) is 15.8. The van der Waals surface area contributed by atoms with Gasteiger partial charge in [0.05, 0.1) is 50.0 Å². The van der Waals surface area contributed by atoms with Crippen LogP contribution in [0.25, 0.3) is 0 Å². The van der Waals surface area contributed by atoms with Crippen molar-refractivity contribution in [1.29, 1.82) is 0 Å². The normalized spacial score (nSPS) is 37.2. The molecule has 3 heterocycles. The van der Waals surface area contributed by atoms with E-state index in [2.05, 4.69) is 5.32 Å². The maximum absolute atomic E-state index is 10.3. The van der Waals surface area contributed by atoms with Gasteiger partial charge in [0, 0.05) is 26.4 Å². The van der Waals surface area contributed by atoms with Gasteiger partial charge in [0.2, 0.25) is 0 Å². The van der Waals surface area contributed by atoms with Crippen molar-refractivity contribution < 1.29 is 89.7 Å². The maximum Gasteiger partial charge on any atom is 0.132 e. The van der Waals surface area contributed by atoms with E-state index >= 15 is 0 Å². The molecule has 0 radical (unpaired) electrons. The molecule has 0 saturated carbocycles. The molecule has 0 aliphatic carbocycles. The number of thiocarbonyl (C=S) groups is 1. The zero-order valence-electron chi connectivity index (χ0n) is 31.9. The molecule has 0 aromatic heterocycles. The zero-order chi connectivity index (χ0) is 42.1. The Morgan fingerprint density at radius 1 is 0.526 bits per heavy atom. The highest BCUT2D eigenvalue weighted by atomic mass is 32.2. The van der Waals surface area contributed by atoms with Crippen molar-refractivity contribution in [2.75, 3.05) is 83.3 Å². The SMILES string of the molecule is CC(=S)NCC(COCCCS[C@H]1OC(CO)[C@@H](O)C(O)C1O)(COCCCS[C@H]1OC(CO)[C@@H](O)C(O)[C@H]1O)COCCCS[C@@H]1OC(CO)[C@@H](O)C(O)C1O. The molecular formula is C34H63NO18S4. The topological polar surface area (TPSA) is 310 Å². The molecule has 3 aliphatic rings. The molecule has 3 rings (SSSR count). The van der Waals surface area contributed by atoms with Gasteiger partial charge in [-0.15, -0.1) is 35.3 Å². The first-order valence-corrected chi connectivity index (χ1v) is 22.5. The largest absolute Gasteiger partial charge is 0.394 e. The van der Waals surface area contributed by atoms with E-state index < -0.39 is 115 Å². The van der Waals surface area contributed by atoms with Gasteiger partial charge < -0.3 is 95.0 Å². The van der Waals surface area contributed by atoms with Gasteiger partial charge in [-0.3, -0.25) is 0 Å². The summed E-state index contributed by atoms with van der Waals surface area (Å²) in [5, 5.41) is 123. The van der Waals surface area contributed by atoms with Crippen molar-refractivity contribution in [3.63, 3.8) is 0 Å². The van der Waals surface area contributed by atoms with Crippen molar-refractivity contribution in [2.24, 2.45) is 5.41 Å². The van der Waals surface area contributed by atoms with Crippen LogP contribution in [0.15, 0.2) is 0 Å². The summed E-state index contributed by atoms with van der Waals surface area (Å²) >= 11 is 8.98. The van der Waals surface area contributed by atoms with E-state index in [4.69, 9.17) is 40.6 Å². The fourth-order valence-electron chi connectivity index (χ4n) is 6.15. The lowest BCUT2D eigenvalue weighted by atomic mass is 9.90. The third-order valence-corrected chi connectivity index (χ3v) is 13.5. The van der Waals surface area contributed by atoms with Gasteiger partial charge in [0.15, 0.2) is 0 Å². The lowest BCUT2D eigenvalue weighted by Crippen LogP contribution is -2.57. The molecule has 9 unspecified atom stereocenters. The minimum Gasteiger partial charge on any atom is -0.394 e. The molecule has 16 atom stereocenters. The van der Waals surface area contributed by atoms with E-state index in [1.54, 1.807) is 6.92 Å². The Kier molecular flexibility index (Phi) is 24.1. The van der Waals surface area contributed by atoms with Crippen molar-refractivity contribution in [3.05, 3.63) is 0 Å². The Bertz CT molecular complexity index is 1010. The minimum atomic E-state index is -1.46. The molecule has 3 saturated heterocycles. The maximum atomic E-state index is 10.3. The molecule has 0 aromatic carbocycles. The van der Waals surface area contributed by atoms with Crippen LogP contribution in [-0.2, 0) is 28.4 Å². The summed E-state index contributed by atoms with van der Waals surface area (Å²) < 4.78 is 35.1. The molecule has 0 aromatic rings. The average Bonchev–Trinajstić information content (AvgIpc) is 3.20. The van der Waals surface area contributed by atoms with Gasteiger partial charge in [0.25, 0.3) is 0 Å². The summed E-state index contributed by atoms with van der Waals surface area (Å²) in [6, 6.07) is 0. The molecule has 3 fully saturated rings. The summed E-state index contributed by atoms with van der Waals surface area (Å²) in [5.41, 5.74) is -3.30. The van der Waals surface area contributed by atoms with Gasteiger partial charge in [-0.2, -0.15) is 0 Å². The second-order valence-electron chi connectivity index (χ2n) is 14.3. The summed E-state index contributed by atoms with van der Waals surface area (Å²) in [4.78, 5) is 0.544. The number of rotatable bonds is 26. The second kappa shape index (κ2) is 26.6. The molecule has 23 heteroatoms. The Morgan fingerprint density at radius 3 is 1.09 bits per heavy atom. The molecular weight excluding hydrogens is 839 g/mol. The van der Waals surface area contributed by atoms with Crippen LogP contribution in [-0.4, -0.2) is 239 Å². The predicted octanol–water partition coefficient (Wildman–Crippen LogP) is -4.27. The van der Waals surface area contributed by atoms with Crippen molar-refractivity contribution >= 4 is 52.5 Å². The lowest BCUT2D eigenvalue weighted by molar-refractivity contribution is -0.205. The Labute approximate surface area is 350 Å². The molecule has 0 spiro atoms. The first kappa shape index (κ1) is 51.6. The molecule has 3 aliphatic heterocycles. The predicted molar refractivity (Wildman–Crippen MR) is 214 cm³/mol. The average molecular weight is 902 g/mol. The van der Waals surface area contributed by atoms with E-state index in [1.165, 1.54) is 35.3 Å². The number of thioether (sulfide) groups is 3. The van der Waals surface area contributed by atoms with Crippen LogP contribution in [0.5, 0.6) is 0 Å². The fourth-order valence-corrected chi connectivity index (χ4v) is 9.51. The van der Waals surface area contributed by atoms with E-state index in [9.17, 15) is 61.3 Å². The highest BCUT2D eigenvalue weighted by Gasteiger charge is 2.45. The van der Waals surface area contributed by atoms with Crippen LogP contribution in [0.1, 0.15) is 26.2 Å². The Hall–Kier alpha value is 0.220. The van der Waals surface area contributed by atoms with Crippen LogP contribution >= 0.6 is 47.5 Å². The van der Waals surface area contributed by atoms with Gasteiger partial charge in [-0.1, -0.05) is 12.2 Å². The zero-order valence-corrected chi connectivity index (χ0v) is 35.2. The van der Waals surface area contributed by atoms with E-state index in [0.29, 0.717) is 67.9 Å². The highest BCUT2D eigenvalue weighted by molar-refractivity contribution is 8.00. The third-order valence-electron chi connectivity index (χ3n) is 9.63. The first-order chi connectivity index (χ1) is 27.2. The number of hydrogen-bond donors (Lipinski definition) is 13. The van der Waals surface area contributed by atoms with Crippen LogP contribution in [0.3, 0.4) is 0 Å². The smallest absolute Gasteiger partial charge is 0.132 e. The quantitative estimate of drug-likeness (QED) is 0.0289. The lowest BCUT2D eigenvalue weighted by Gasteiger charge is -2.39. The van der Waals surface area contributed by atoms with E-state index in [1.807, 2.05) is 0 Å². The number of aliphatic hydroxyl groups is 12. The van der Waals surface area contributed by atoms with Crippen LogP contribution in [0.4, 0.5) is 0 Å². The van der Waals surface area contributed by atoms with Crippen LogP contribution in [0.2, 0.25) is 0 Å². The summed E-state index contributed by atoms with van der Waals surface area (Å²) in [6.45, 7) is 2.00. The van der Waals surface area contributed by atoms with Gasteiger partial charge in [-0.05, 0) is 43.4 Å². The standard InChI is InChI=1S/C34H63NO18S4/c1-18(54)35-14-34(15-48-5-2-8-55-31-28(45)25(42)22(39)19(11-36)51-31,16-49-6-3-9-56-32-29(46)26(43)23(40)20(12-37)52-32)17-50-7-4-10-57-33-30(47)27(44)24(41)21(13-38)53-33/h19-33,36-47H,2-17H2,1H3,(H,35,54)/t19?,20?,21?,22-,23-,24-,25?,26?,27?,28-,29?,30?,31-,32-,33+,34?/m1/s1. The second-order valence-corrected chi connectivity index (χ2v) is 18.6. The molecule has 19 nitrogen and oxygen atoms in total. The van der Waals surface area contributed by atoms with E-state index in [-0.39, 0.29) is 19.8 Å². The molecule has 0 amide bonds. The van der Waals surface area contributed by atoms with Gasteiger partial charge in [-0.25, -0.2) is 0 Å². The number of aliphatic hydroxyl groups excluding tert-OH is 12.